The molecule has 0 saturated carbocycles. The lowest BCUT2D eigenvalue weighted by molar-refractivity contribution is -0.121. The lowest BCUT2D eigenvalue weighted by Crippen LogP contribution is -2.33. The molecule has 0 radical (unpaired) electrons. The summed E-state index contributed by atoms with van der Waals surface area (Å²) in [5.74, 6) is 1.45. The average Bonchev–Trinajstić information content (AvgIpc) is 3.20. The van der Waals surface area contributed by atoms with Crippen molar-refractivity contribution in [3.8, 4) is 5.75 Å². The number of amides is 1. The number of rotatable bonds is 6. The van der Waals surface area contributed by atoms with Gasteiger partial charge in [0.2, 0.25) is 5.91 Å². The molecule has 0 unspecified atom stereocenters. The van der Waals surface area contributed by atoms with Crippen LogP contribution in [0.5, 0.6) is 5.75 Å². The van der Waals surface area contributed by atoms with E-state index in [0.29, 0.717) is 18.3 Å². The van der Waals surface area contributed by atoms with Gasteiger partial charge in [0, 0.05) is 5.92 Å². The van der Waals surface area contributed by atoms with Crippen LogP contribution in [0.3, 0.4) is 0 Å². The number of anilines is 1. The van der Waals surface area contributed by atoms with Crippen LogP contribution < -0.4 is 9.64 Å². The summed E-state index contributed by atoms with van der Waals surface area (Å²) in [7, 11) is 0. The second-order valence-corrected chi connectivity index (χ2v) is 6.73. The highest BCUT2D eigenvalue weighted by molar-refractivity contribution is 7.22. The van der Waals surface area contributed by atoms with E-state index in [0.717, 1.165) is 21.7 Å². The van der Waals surface area contributed by atoms with Crippen molar-refractivity contribution in [2.45, 2.75) is 27.3 Å². The van der Waals surface area contributed by atoms with Crippen LogP contribution in [0.1, 0.15) is 26.5 Å². The summed E-state index contributed by atoms with van der Waals surface area (Å²) >= 11 is 1.49. The number of thiazole rings is 1. The van der Waals surface area contributed by atoms with E-state index in [2.05, 4.69) is 4.98 Å². The molecular formula is C18H20N2O3S. The fourth-order valence-corrected chi connectivity index (χ4v) is 3.37. The number of hydrogen-bond donors (Lipinski definition) is 0. The maximum atomic E-state index is 12.6. The molecule has 0 fully saturated rings. The molecule has 5 nitrogen and oxygen atoms in total. The van der Waals surface area contributed by atoms with E-state index in [4.69, 9.17) is 9.15 Å². The summed E-state index contributed by atoms with van der Waals surface area (Å²) in [5, 5.41) is 0.675. The Labute approximate surface area is 144 Å². The predicted molar refractivity (Wildman–Crippen MR) is 95.5 cm³/mol. The lowest BCUT2D eigenvalue weighted by atomic mass is 10.2. The monoisotopic (exact) mass is 344 g/mol. The van der Waals surface area contributed by atoms with E-state index in [1.54, 1.807) is 11.2 Å². The van der Waals surface area contributed by atoms with E-state index < -0.39 is 0 Å². The predicted octanol–water partition coefficient (Wildman–Crippen LogP) is 4.48. The van der Waals surface area contributed by atoms with Crippen molar-refractivity contribution in [2.75, 3.05) is 11.5 Å². The Bertz CT molecular complexity index is 824. The van der Waals surface area contributed by atoms with E-state index in [9.17, 15) is 4.79 Å². The van der Waals surface area contributed by atoms with Crippen LogP contribution in [0.15, 0.2) is 41.0 Å². The Morgan fingerprint density at radius 1 is 1.38 bits per heavy atom. The van der Waals surface area contributed by atoms with E-state index in [-0.39, 0.29) is 11.8 Å². The summed E-state index contributed by atoms with van der Waals surface area (Å²) in [5.41, 5.74) is 0.861. The number of ether oxygens (including phenoxy) is 1. The molecule has 0 saturated heterocycles. The highest BCUT2D eigenvalue weighted by atomic mass is 32.1. The van der Waals surface area contributed by atoms with Gasteiger partial charge in [-0.05, 0) is 37.3 Å². The van der Waals surface area contributed by atoms with Crippen LogP contribution in [0.25, 0.3) is 10.2 Å². The Morgan fingerprint density at radius 2 is 2.21 bits per heavy atom. The maximum absolute atomic E-state index is 12.6. The molecule has 0 aliphatic rings. The van der Waals surface area contributed by atoms with Gasteiger partial charge in [-0.15, -0.1) is 0 Å². The number of carbonyl (C=O) groups is 1. The third-order valence-electron chi connectivity index (χ3n) is 3.54. The Hall–Kier alpha value is -2.34. The number of furan rings is 1. The number of nitrogens with zero attached hydrogens (tertiary/aromatic N) is 2. The number of fused-ring (bicyclic) bond motifs is 1. The first kappa shape index (κ1) is 16.5. The maximum Gasteiger partial charge on any atom is 0.231 e. The summed E-state index contributed by atoms with van der Waals surface area (Å²) in [6, 6.07) is 9.47. The lowest BCUT2D eigenvalue weighted by Gasteiger charge is -2.20. The molecule has 2 heterocycles. The smallest absolute Gasteiger partial charge is 0.231 e. The molecule has 0 N–H and O–H groups in total. The Balaban J connectivity index is 1.96. The molecule has 126 valence electrons. The molecule has 6 heteroatoms. The van der Waals surface area contributed by atoms with Gasteiger partial charge in [0.05, 0.1) is 29.6 Å². The third kappa shape index (κ3) is 3.43. The Morgan fingerprint density at radius 3 is 2.88 bits per heavy atom. The summed E-state index contributed by atoms with van der Waals surface area (Å²) in [4.78, 5) is 19.0. The number of benzene rings is 1. The zero-order valence-electron chi connectivity index (χ0n) is 14.0. The SMILES string of the molecule is CCOc1ccc2nc(N(Cc3ccco3)C(=O)C(C)C)sc2c1. The van der Waals surface area contributed by atoms with Crippen molar-refractivity contribution in [3.05, 3.63) is 42.4 Å². The van der Waals surface area contributed by atoms with Crippen molar-refractivity contribution in [1.29, 1.82) is 0 Å². The molecule has 2 aromatic heterocycles. The number of aromatic nitrogens is 1. The average molecular weight is 344 g/mol. The first-order valence-electron chi connectivity index (χ1n) is 7.95. The van der Waals surface area contributed by atoms with Gasteiger partial charge in [-0.3, -0.25) is 9.69 Å². The van der Waals surface area contributed by atoms with Crippen molar-refractivity contribution in [1.82, 2.24) is 4.98 Å². The van der Waals surface area contributed by atoms with Gasteiger partial charge in [-0.2, -0.15) is 0 Å². The van der Waals surface area contributed by atoms with Crippen molar-refractivity contribution in [3.63, 3.8) is 0 Å². The van der Waals surface area contributed by atoms with Crippen molar-refractivity contribution in [2.24, 2.45) is 5.92 Å². The molecule has 0 aliphatic carbocycles. The molecule has 1 aromatic carbocycles. The van der Waals surface area contributed by atoms with E-state index in [1.165, 1.54) is 11.3 Å². The molecule has 0 bridgehead atoms. The molecule has 3 rings (SSSR count). The first-order valence-corrected chi connectivity index (χ1v) is 8.77. The standard InChI is InChI=1S/C18H20N2O3S/c1-4-22-13-7-8-15-16(10-13)24-18(19-15)20(17(21)12(2)3)11-14-6-5-9-23-14/h5-10,12H,4,11H2,1-3H3. The Kier molecular flexibility index (Phi) is 4.85. The van der Waals surface area contributed by atoms with Crippen molar-refractivity contribution >= 4 is 32.6 Å². The zero-order chi connectivity index (χ0) is 17.1. The minimum Gasteiger partial charge on any atom is -0.494 e. The second kappa shape index (κ2) is 7.05. The van der Waals surface area contributed by atoms with Crippen LogP contribution in [0.2, 0.25) is 0 Å². The van der Waals surface area contributed by atoms with Crippen LogP contribution >= 0.6 is 11.3 Å². The van der Waals surface area contributed by atoms with Crippen LogP contribution in [-0.4, -0.2) is 17.5 Å². The van der Waals surface area contributed by atoms with E-state index >= 15 is 0 Å². The fourth-order valence-electron chi connectivity index (χ4n) is 2.37. The van der Waals surface area contributed by atoms with Crippen LogP contribution in [-0.2, 0) is 11.3 Å². The highest BCUT2D eigenvalue weighted by Gasteiger charge is 2.23. The van der Waals surface area contributed by atoms with Crippen molar-refractivity contribution < 1.29 is 13.9 Å². The van der Waals surface area contributed by atoms with Crippen LogP contribution in [0, 0.1) is 5.92 Å². The largest absolute Gasteiger partial charge is 0.494 e. The third-order valence-corrected chi connectivity index (χ3v) is 4.59. The minimum atomic E-state index is -0.119. The van der Waals surface area contributed by atoms with Gasteiger partial charge in [0.1, 0.15) is 11.5 Å². The van der Waals surface area contributed by atoms with Gasteiger partial charge in [0.25, 0.3) is 0 Å². The highest BCUT2D eigenvalue weighted by Crippen LogP contribution is 2.33. The van der Waals surface area contributed by atoms with Gasteiger partial charge < -0.3 is 9.15 Å². The molecule has 24 heavy (non-hydrogen) atoms. The topological polar surface area (TPSA) is 55.6 Å². The molecule has 3 aromatic rings. The van der Waals surface area contributed by atoms with Gasteiger partial charge >= 0.3 is 0 Å². The van der Waals surface area contributed by atoms with Gasteiger partial charge in [0.15, 0.2) is 5.13 Å². The normalized spacial score (nSPS) is 11.2. The fraction of sp³-hybridized carbons (Fsp3) is 0.333. The van der Waals surface area contributed by atoms with E-state index in [1.807, 2.05) is 51.1 Å². The number of hydrogen-bond acceptors (Lipinski definition) is 5. The molecular weight excluding hydrogens is 324 g/mol. The van der Waals surface area contributed by atoms with Gasteiger partial charge in [-0.25, -0.2) is 4.98 Å². The minimum absolute atomic E-state index is 0.0236. The summed E-state index contributed by atoms with van der Waals surface area (Å²) in [6.45, 7) is 6.72. The molecule has 0 atom stereocenters. The molecule has 1 amide bonds. The molecule has 0 aliphatic heterocycles. The quantitative estimate of drug-likeness (QED) is 0.662. The molecule has 0 spiro atoms. The zero-order valence-corrected chi connectivity index (χ0v) is 14.8. The summed E-state index contributed by atoms with van der Waals surface area (Å²) < 4.78 is 11.9. The van der Waals surface area contributed by atoms with Crippen LogP contribution in [0.4, 0.5) is 5.13 Å². The summed E-state index contributed by atoms with van der Waals surface area (Å²) in [6.07, 6.45) is 1.61. The second-order valence-electron chi connectivity index (χ2n) is 5.72. The number of carbonyl (C=O) groups excluding carboxylic acids is 1. The van der Waals surface area contributed by atoms with Gasteiger partial charge in [-0.1, -0.05) is 25.2 Å². The first-order chi connectivity index (χ1) is 11.6.